The molecule has 1 unspecified atom stereocenters. The molecule has 3 aliphatic rings. The Hall–Kier alpha value is -3.30. The average Bonchev–Trinajstić information content (AvgIpc) is 3.67. The zero-order valence-electron chi connectivity index (χ0n) is 22.7. The summed E-state index contributed by atoms with van der Waals surface area (Å²) in [7, 11) is -4.11. The quantitative estimate of drug-likeness (QED) is 0.373. The van der Waals surface area contributed by atoms with Crippen LogP contribution in [0.25, 0.3) is 11.0 Å². The minimum Gasteiger partial charge on any atom is -0.447 e. The normalized spacial score (nSPS) is 24.0. The maximum absolute atomic E-state index is 16.3. The van der Waals surface area contributed by atoms with Gasteiger partial charge in [-0.05, 0) is 39.0 Å². The maximum atomic E-state index is 16.3. The third-order valence-electron chi connectivity index (χ3n) is 7.22. The van der Waals surface area contributed by atoms with Gasteiger partial charge in [0.2, 0.25) is 5.58 Å². The lowest BCUT2D eigenvalue weighted by Crippen LogP contribution is -2.46. The van der Waals surface area contributed by atoms with Crippen LogP contribution in [0.2, 0.25) is 0 Å². The van der Waals surface area contributed by atoms with Crippen LogP contribution in [0.4, 0.5) is 20.7 Å². The second-order valence-electron chi connectivity index (χ2n) is 10.4. The zero-order chi connectivity index (χ0) is 28.9. The smallest absolute Gasteiger partial charge is 0.416 e. The summed E-state index contributed by atoms with van der Waals surface area (Å²) in [6.45, 7) is 6.62. The fraction of sp³-hybridized carbons (Fsp3) is 0.481. The molecule has 0 aliphatic carbocycles. The third kappa shape index (κ3) is 5.26. The first kappa shape index (κ1) is 27.8. The Morgan fingerprint density at radius 2 is 1.78 bits per heavy atom. The molecule has 6 rings (SSSR count). The molecule has 3 atom stereocenters. The van der Waals surface area contributed by atoms with Gasteiger partial charge < -0.3 is 28.4 Å². The lowest BCUT2D eigenvalue weighted by Gasteiger charge is -2.38. The van der Waals surface area contributed by atoms with Crippen LogP contribution in [-0.4, -0.2) is 77.4 Å². The minimum absolute atomic E-state index is 0.0191. The number of hydrogen-bond donors (Lipinski definition) is 0. The largest absolute Gasteiger partial charge is 0.447 e. The SMILES string of the molecule is Cc1ccc(S(=O)(=O)OCC2COC(=O)N2c2noc3c(F)c(N4C[C@@H](C)O[C@H](C)C4)c(C4OCCO4)cc23)cc1. The molecule has 0 spiro atoms. The van der Waals surface area contributed by atoms with Crippen molar-refractivity contribution in [3.05, 3.63) is 47.3 Å². The monoisotopic (exact) mass is 591 g/mol. The number of carbonyl (C=O) groups is 1. The molecule has 3 aliphatic heterocycles. The number of fused-ring (bicyclic) bond motifs is 1. The van der Waals surface area contributed by atoms with Crippen molar-refractivity contribution in [1.29, 1.82) is 0 Å². The molecule has 3 saturated heterocycles. The second kappa shape index (κ2) is 10.8. The highest BCUT2D eigenvalue weighted by Gasteiger charge is 2.40. The van der Waals surface area contributed by atoms with E-state index in [-0.39, 0.29) is 46.2 Å². The Labute approximate surface area is 235 Å². The number of ether oxygens (including phenoxy) is 4. The molecule has 2 aromatic carbocycles. The van der Waals surface area contributed by atoms with Gasteiger partial charge in [-0.3, -0.25) is 4.18 Å². The van der Waals surface area contributed by atoms with Gasteiger partial charge in [-0.2, -0.15) is 8.42 Å². The van der Waals surface area contributed by atoms with Crippen LogP contribution in [0.5, 0.6) is 0 Å². The Kier molecular flexibility index (Phi) is 7.36. The molecule has 4 heterocycles. The van der Waals surface area contributed by atoms with Gasteiger partial charge in [-0.15, -0.1) is 0 Å². The summed E-state index contributed by atoms with van der Waals surface area (Å²) in [6, 6.07) is 6.95. The number of amides is 1. The fourth-order valence-corrected chi connectivity index (χ4v) is 6.33. The van der Waals surface area contributed by atoms with E-state index in [2.05, 4.69) is 5.16 Å². The Morgan fingerprint density at radius 3 is 2.46 bits per heavy atom. The predicted octanol–water partition coefficient (Wildman–Crippen LogP) is 3.67. The van der Waals surface area contributed by atoms with Crippen molar-refractivity contribution in [2.75, 3.05) is 49.3 Å². The second-order valence-corrected chi connectivity index (χ2v) is 12.0. The highest BCUT2D eigenvalue weighted by atomic mass is 32.2. The molecular formula is C27H30FN3O9S. The summed E-state index contributed by atoms with van der Waals surface area (Å²) in [5.74, 6) is -0.712. The van der Waals surface area contributed by atoms with E-state index >= 15 is 4.39 Å². The summed E-state index contributed by atoms with van der Waals surface area (Å²) < 4.78 is 75.1. The third-order valence-corrected chi connectivity index (χ3v) is 8.51. The number of cyclic esters (lactones) is 1. The molecule has 1 amide bonds. The van der Waals surface area contributed by atoms with Gasteiger partial charge in [0.1, 0.15) is 12.6 Å². The number of aryl methyl sites for hydroxylation is 1. The van der Waals surface area contributed by atoms with Gasteiger partial charge in [-0.25, -0.2) is 14.1 Å². The molecule has 0 radical (unpaired) electrons. The molecule has 220 valence electrons. The van der Waals surface area contributed by atoms with E-state index in [0.29, 0.717) is 31.9 Å². The zero-order valence-corrected chi connectivity index (χ0v) is 23.6. The number of anilines is 2. The van der Waals surface area contributed by atoms with Crippen LogP contribution >= 0.6 is 0 Å². The Morgan fingerprint density at radius 1 is 1.10 bits per heavy atom. The summed E-state index contributed by atoms with van der Waals surface area (Å²) in [6.07, 6.45) is -1.93. The van der Waals surface area contributed by atoms with Crippen LogP contribution in [0, 0.1) is 12.7 Å². The van der Waals surface area contributed by atoms with Crippen LogP contribution in [0.1, 0.15) is 31.3 Å². The van der Waals surface area contributed by atoms with Crippen molar-refractivity contribution < 1.29 is 45.3 Å². The lowest BCUT2D eigenvalue weighted by molar-refractivity contribution is -0.0445. The van der Waals surface area contributed by atoms with Gasteiger partial charge in [-0.1, -0.05) is 22.9 Å². The van der Waals surface area contributed by atoms with Crippen molar-refractivity contribution in [3.8, 4) is 0 Å². The van der Waals surface area contributed by atoms with E-state index in [0.717, 1.165) is 10.5 Å². The van der Waals surface area contributed by atoms with Crippen LogP contribution in [0.3, 0.4) is 0 Å². The van der Waals surface area contributed by atoms with Gasteiger partial charge in [0, 0.05) is 18.7 Å². The molecule has 3 fully saturated rings. The molecule has 1 aromatic heterocycles. The Balaban J connectivity index is 1.35. The van der Waals surface area contributed by atoms with Crippen LogP contribution < -0.4 is 9.80 Å². The van der Waals surface area contributed by atoms with Gasteiger partial charge in [0.05, 0.1) is 48.0 Å². The number of carbonyl (C=O) groups excluding carboxylic acids is 1. The number of hydrogen-bond acceptors (Lipinski definition) is 11. The molecule has 0 bridgehead atoms. The number of morpholine rings is 1. The first-order valence-corrected chi connectivity index (χ1v) is 14.7. The Bertz CT molecular complexity index is 1550. The molecule has 3 aromatic rings. The van der Waals surface area contributed by atoms with E-state index in [9.17, 15) is 13.2 Å². The number of benzene rings is 2. The molecule has 0 N–H and O–H groups in total. The molecule has 0 saturated carbocycles. The van der Waals surface area contributed by atoms with E-state index in [1.807, 2.05) is 25.7 Å². The molecule has 12 nitrogen and oxygen atoms in total. The number of rotatable bonds is 7. The summed E-state index contributed by atoms with van der Waals surface area (Å²) in [5, 5.41) is 4.20. The number of halogens is 1. The van der Waals surface area contributed by atoms with Crippen LogP contribution in [0.15, 0.2) is 39.8 Å². The molecule has 14 heteroatoms. The highest BCUT2D eigenvalue weighted by Crippen LogP contribution is 2.42. The van der Waals surface area contributed by atoms with Gasteiger partial charge in [0.15, 0.2) is 17.9 Å². The lowest BCUT2D eigenvalue weighted by atomic mass is 10.0. The van der Waals surface area contributed by atoms with E-state index < -0.39 is 41.0 Å². The topological polar surface area (TPSA) is 130 Å². The average molecular weight is 592 g/mol. The minimum atomic E-state index is -4.11. The predicted molar refractivity (Wildman–Crippen MR) is 143 cm³/mol. The number of nitrogens with zero attached hydrogens (tertiary/aromatic N) is 3. The van der Waals surface area contributed by atoms with Crippen molar-refractivity contribution >= 4 is 38.7 Å². The van der Waals surface area contributed by atoms with E-state index in [1.165, 1.54) is 12.1 Å². The summed E-state index contributed by atoms with van der Waals surface area (Å²) in [5.41, 5.74) is 1.39. The number of aromatic nitrogens is 1. The summed E-state index contributed by atoms with van der Waals surface area (Å²) in [4.78, 5) is 15.8. The van der Waals surface area contributed by atoms with Gasteiger partial charge >= 0.3 is 6.09 Å². The van der Waals surface area contributed by atoms with Crippen molar-refractivity contribution in [1.82, 2.24) is 5.16 Å². The maximum Gasteiger partial charge on any atom is 0.416 e. The van der Waals surface area contributed by atoms with Crippen LogP contribution in [-0.2, 0) is 33.2 Å². The van der Waals surface area contributed by atoms with E-state index in [4.69, 9.17) is 27.7 Å². The molecule has 41 heavy (non-hydrogen) atoms. The standard InChI is InChI=1S/C27H30FN3O9S/c1-15-4-6-19(7-5-15)41(33,34)38-14-18-13-37-27(32)31(18)25-21-10-20(26-35-8-9-36-26)23(22(28)24(21)40-29-25)30-11-16(2)39-17(3)12-30/h4-7,10,16-18,26H,8-9,11-14H2,1-3H3/t16-,17-,18?/m1/s1. The van der Waals surface area contributed by atoms with Crippen molar-refractivity contribution in [2.45, 2.75) is 50.2 Å². The first-order chi connectivity index (χ1) is 19.6. The van der Waals surface area contributed by atoms with Crippen molar-refractivity contribution in [3.63, 3.8) is 0 Å². The fourth-order valence-electron chi connectivity index (χ4n) is 5.39. The highest BCUT2D eigenvalue weighted by molar-refractivity contribution is 7.86. The van der Waals surface area contributed by atoms with Gasteiger partial charge in [0.25, 0.3) is 10.1 Å². The van der Waals surface area contributed by atoms with E-state index in [1.54, 1.807) is 18.2 Å². The van der Waals surface area contributed by atoms with Crippen molar-refractivity contribution in [2.24, 2.45) is 0 Å². The molecular weight excluding hydrogens is 561 g/mol. The summed E-state index contributed by atoms with van der Waals surface area (Å²) >= 11 is 0. The first-order valence-electron chi connectivity index (χ1n) is 13.3.